The van der Waals surface area contributed by atoms with Crippen molar-refractivity contribution in [2.45, 2.75) is 26.3 Å². The van der Waals surface area contributed by atoms with Crippen LogP contribution in [0.15, 0.2) is 24.3 Å². The van der Waals surface area contributed by atoms with Crippen molar-refractivity contribution in [1.82, 2.24) is 10.6 Å². The lowest BCUT2D eigenvalue weighted by atomic mass is 10.1. The van der Waals surface area contributed by atoms with E-state index < -0.39 is 0 Å². The number of benzene rings is 1. The lowest BCUT2D eigenvalue weighted by Gasteiger charge is -2.15. The lowest BCUT2D eigenvalue weighted by Crippen LogP contribution is -2.29. The van der Waals surface area contributed by atoms with Gasteiger partial charge in [-0.05, 0) is 38.6 Å². The van der Waals surface area contributed by atoms with Gasteiger partial charge in [-0.15, -0.1) is 0 Å². The van der Waals surface area contributed by atoms with E-state index in [-0.39, 0.29) is 11.9 Å². The molecule has 0 aliphatic heterocycles. The van der Waals surface area contributed by atoms with E-state index in [1.807, 2.05) is 45.2 Å². The minimum absolute atomic E-state index is 0.00485. The van der Waals surface area contributed by atoms with Crippen molar-refractivity contribution < 1.29 is 9.53 Å². The summed E-state index contributed by atoms with van der Waals surface area (Å²) in [6.07, 6.45) is 0.492. The molecule has 4 heteroatoms. The minimum Gasteiger partial charge on any atom is -0.494 e. The summed E-state index contributed by atoms with van der Waals surface area (Å²) >= 11 is 0. The normalized spacial score (nSPS) is 11.9. The van der Waals surface area contributed by atoms with Crippen LogP contribution in [-0.2, 0) is 4.79 Å². The van der Waals surface area contributed by atoms with E-state index in [0.717, 1.165) is 11.3 Å². The maximum atomic E-state index is 11.6. The average Bonchev–Trinajstić information content (AvgIpc) is 2.37. The van der Waals surface area contributed by atoms with Crippen molar-refractivity contribution in [3.05, 3.63) is 29.8 Å². The Morgan fingerprint density at radius 2 is 2.22 bits per heavy atom. The second-order valence-corrected chi connectivity index (χ2v) is 4.15. The SMILES string of the molecule is CCOc1cccc(C(C)NC(=O)CCNC)c1. The minimum atomic E-state index is -0.00485. The number of carbonyl (C=O) groups excluding carboxylic acids is 1. The largest absolute Gasteiger partial charge is 0.494 e. The highest BCUT2D eigenvalue weighted by Gasteiger charge is 2.09. The summed E-state index contributed by atoms with van der Waals surface area (Å²) in [4.78, 5) is 11.6. The fraction of sp³-hybridized carbons (Fsp3) is 0.500. The molecular weight excluding hydrogens is 228 g/mol. The number of carbonyl (C=O) groups is 1. The predicted molar refractivity (Wildman–Crippen MR) is 72.7 cm³/mol. The third kappa shape index (κ3) is 4.75. The van der Waals surface area contributed by atoms with Crippen LogP contribution in [0, 0.1) is 0 Å². The van der Waals surface area contributed by atoms with E-state index in [2.05, 4.69) is 10.6 Å². The summed E-state index contributed by atoms with van der Waals surface area (Å²) in [6, 6.07) is 7.81. The summed E-state index contributed by atoms with van der Waals surface area (Å²) < 4.78 is 5.44. The van der Waals surface area contributed by atoms with Gasteiger partial charge in [0, 0.05) is 13.0 Å². The van der Waals surface area contributed by atoms with Crippen molar-refractivity contribution in [3.63, 3.8) is 0 Å². The molecule has 0 aliphatic carbocycles. The van der Waals surface area contributed by atoms with Crippen molar-refractivity contribution >= 4 is 5.91 Å². The Balaban J connectivity index is 2.57. The van der Waals surface area contributed by atoms with Gasteiger partial charge >= 0.3 is 0 Å². The van der Waals surface area contributed by atoms with E-state index in [9.17, 15) is 4.79 Å². The molecule has 1 atom stereocenters. The van der Waals surface area contributed by atoms with Crippen LogP contribution in [0.25, 0.3) is 0 Å². The quantitative estimate of drug-likeness (QED) is 0.776. The van der Waals surface area contributed by atoms with Gasteiger partial charge in [0.05, 0.1) is 12.6 Å². The summed E-state index contributed by atoms with van der Waals surface area (Å²) in [5.41, 5.74) is 1.05. The number of nitrogens with one attached hydrogen (secondary N) is 2. The molecule has 0 heterocycles. The highest BCUT2D eigenvalue weighted by molar-refractivity contribution is 5.76. The van der Waals surface area contributed by atoms with Crippen LogP contribution in [0.5, 0.6) is 5.75 Å². The number of ether oxygens (including phenoxy) is 1. The molecule has 0 aromatic heterocycles. The van der Waals surface area contributed by atoms with Gasteiger partial charge in [-0.1, -0.05) is 12.1 Å². The molecule has 4 nitrogen and oxygen atoms in total. The first-order valence-electron chi connectivity index (χ1n) is 6.34. The molecule has 1 unspecified atom stereocenters. The summed E-state index contributed by atoms with van der Waals surface area (Å²) in [5.74, 6) is 0.894. The maximum Gasteiger partial charge on any atom is 0.221 e. The van der Waals surface area contributed by atoms with Crippen molar-refractivity contribution in [3.8, 4) is 5.75 Å². The zero-order chi connectivity index (χ0) is 13.4. The second-order valence-electron chi connectivity index (χ2n) is 4.15. The van der Waals surface area contributed by atoms with Crippen LogP contribution in [0.4, 0.5) is 0 Å². The zero-order valence-electron chi connectivity index (χ0n) is 11.3. The Kier molecular flexibility index (Phi) is 6.22. The summed E-state index contributed by atoms with van der Waals surface area (Å²) in [7, 11) is 1.84. The van der Waals surface area contributed by atoms with Gasteiger partial charge in [0.15, 0.2) is 0 Å². The third-order valence-corrected chi connectivity index (χ3v) is 2.65. The van der Waals surface area contributed by atoms with E-state index in [0.29, 0.717) is 19.6 Å². The number of amides is 1. The Labute approximate surface area is 109 Å². The van der Waals surface area contributed by atoms with Gasteiger partial charge in [-0.25, -0.2) is 0 Å². The number of rotatable bonds is 7. The Morgan fingerprint density at radius 3 is 2.89 bits per heavy atom. The first-order valence-corrected chi connectivity index (χ1v) is 6.34. The van der Waals surface area contributed by atoms with Crippen molar-refractivity contribution in [2.24, 2.45) is 0 Å². The number of hydrogen-bond donors (Lipinski definition) is 2. The fourth-order valence-corrected chi connectivity index (χ4v) is 1.68. The molecule has 1 amide bonds. The summed E-state index contributed by atoms with van der Waals surface area (Å²) in [5, 5.41) is 5.92. The smallest absolute Gasteiger partial charge is 0.221 e. The molecule has 0 bridgehead atoms. The van der Waals surface area contributed by atoms with Crippen LogP contribution in [0.2, 0.25) is 0 Å². The lowest BCUT2D eigenvalue weighted by molar-refractivity contribution is -0.121. The van der Waals surface area contributed by atoms with Crippen LogP contribution in [0.1, 0.15) is 31.9 Å². The van der Waals surface area contributed by atoms with E-state index in [1.54, 1.807) is 0 Å². The van der Waals surface area contributed by atoms with Crippen molar-refractivity contribution in [2.75, 3.05) is 20.2 Å². The molecule has 0 aliphatic rings. The van der Waals surface area contributed by atoms with Gasteiger partial charge in [0.25, 0.3) is 0 Å². The van der Waals surface area contributed by atoms with E-state index >= 15 is 0 Å². The van der Waals surface area contributed by atoms with Gasteiger partial charge < -0.3 is 15.4 Å². The molecule has 1 aromatic rings. The van der Waals surface area contributed by atoms with Crippen LogP contribution >= 0.6 is 0 Å². The first-order chi connectivity index (χ1) is 8.67. The molecule has 0 fully saturated rings. The van der Waals surface area contributed by atoms with E-state index in [4.69, 9.17) is 4.74 Å². The first kappa shape index (κ1) is 14.5. The molecule has 18 heavy (non-hydrogen) atoms. The number of hydrogen-bond acceptors (Lipinski definition) is 3. The van der Waals surface area contributed by atoms with Crippen LogP contribution in [-0.4, -0.2) is 26.1 Å². The molecule has 2 N–H and O–H groups in total. The van der Waals surface area contributed by atoms with Crippen LogP contribution < -0.4 is 15.4 Å². The fourth-order valence-electron chi connectivity index (χ4n) is 1.68. The molecule has 0 radical (unpaired) electrons. The van der Waals surface area contributed by atoms with Gasteiger partial charge in [-0.2, -0.15) is 0 Å². The monoisotopic (exact) mass is 250 g/mol. The Hall–Kier alpha value is -1.55. The molecule has 1 aromatic carbocycles. The zero-order valence-corrected chi connectivity index (χ0v) is 11.3. The van der Waals surface area contributed by atoms with Gasteiger partial charge in [0.2, 0.25) is 5.91 Å². The summed E-state index contributed by atoms with van der Waals surface area (Å²) in [6.45, 7) is 5.27. The standard InChI is InChI=1S/C14H22N2O2/c1-4-18-13-7-5-6-12(10-13)11(2)16-14(17)8-9-15-3/h5-7,10-11,15H,4,8-9H2,1-3H3,(H,16,17). The molecule has 100 valence electrons. The van der Waals surface area contributed by atoms with Gasteiger partial charge in [0.1, 0.15) is 5.75 Å². The Bertz CT molecular complexity index is 380. The topological polar surface area (TPSA) is 50.4 Å². The molecular formula is C14H22N2O2. The Morgan fingerprint density at radius 1 is 1.44 bits per heavy atom. The highest BCUT2D eigenvalue weighted by Crippen LogP contribution is 2.19. The third-order valence-electron chi connectivity index (χ3n) is 2.65. The van der Waals surface area contributed by atoms with E-state index in [1.165, 1.54) is 0 Å². The molecule has 0 spiro atoms. The van der Waals surface area contributed by atoms with Crippen molar-refractivity contribution in [1.29, 1.82) is 0 Å². The highest BCUT2D eigenvalue weighted by atomic mass is 16.5. The molecule has 1 rings (SSSR count). The van der Waals surface area contributed by atoms with Crippen LogP contribution in [0.3, 0.4) is 0 Å². The average molecular weight is 250 g/mol. The second kappa shape index (κ2) is 7.71. The molecule has 0 saturated heterocycles. The maximum absolute atomic E-state index is 11.6. The van der Waals surface area contributed by atoms with Gasteiger partial charge in [-0.3, -0.25) is 4.79 Å². The molecule has 0 saturated carbocycles. The predicted octanol–water partition coefficient (Wildman–Crippen LogP) is 1.87.